The highest BCUT2D eigenvalue weighted by molar-refractivity contribution is 7.89. The number of anilines is 1. The first kappa shape index (κ1) is 25.0. The second-order valence-corrected chi connectivity index (χ2v) is 9.96. The first-order chi connectivity index (χ1) is 17.1. The standard InChI is InChI=1S/C25H23FN4O5S/c1-29-22-12-11-19(15-20(22)24(32)30(2)25(29)33)36(34,35)28-21(13-16-7-4-3-5-8-16)23(31)27-18-10-6-9-17(26)14-18/h3-12,14-15,21,28H,13H2,1-2H3,(H,27,31)/t21-/m0/s1. The molecule has 0 saturated heterocycles. The monoisotopic (exact) mass is 510 g/mol. The van der Waals surface area contributed by atoms with Gasteiger partial charge in [0.25, 0.3) is 5.56 Å². The third-order valence-electron chi connectivity index (χ3n) is 5.74. The van der Waals surface area contributed by atoms with E-state index in [4.69, 9.17) is 0 Å². The van der Waals surface area contributed by atoms with Gasteiger partial charge in [0.2, 0.25) is 15.9 Å². The molecule has 4 aromatic rings. The van der Waals surface area contributed by atoms with Crippen LogP contribution in [0.4, 0.5) is 10.1 Å². The Morgan fingerprint density at radius 2 is 1.67 bits per heavy atom. The van der Waals surface area contributed by atoms with Crippen LogP contribution in [0.2, 0.25) is 0 Å². The molecule has 0 spiro atoms. The van der Waals surface area contributed by atoms with E-state index in [0.29, 0.717) is 5.56 Å². The van der Waals surface area contributed by atoms with E-state index in [1.165, 1.54) is 55.1 Å². The highest BCUT2D eigenvalue weighted by Gasteiger charge is 2.27. The summed E-state index contributed by atoms with van der Waals surface area (Å²) in [6, 6.07) is 16.6. The van der Waals surface area contributed by atoms with Crippen molar-refractivity contribution in [2.45, 2.75) is 17.4 Å². The molecule has 0 radical (unpaired) electrons. The number of carbonyl (C=O) groups is 1. The quantitative estimate of drug-likeness (QED) is 0.394. The van der Waals surface area contributed by atoms with Gasteiger partial charge in [-0.1, -0.05) is 36.4 Å². The Balaban J connectivity index is 1.71. The van der Waals surface area contributed by atoms with Crippen molar-refractivity contribution < 1.29 is 17.6 Å². The zero-order valence-electron chi connectivity index (χ0n) is 19.4. The molecule has 0 saturated carbocycles. The second-order valence-electron chi connectivity index (χ2n) is 8.25. The van der Waals surface area contributed by atoms with Crippen LogP contribution in [0.3, 0.4) is 0 Å². The number of benzene rings is 3. The molecular weight excluding hydrogens is 487 g/mol. The topological polar surface area (TPSA) is 119 Å². The summed E-state index contributed by atoms with van der Waals surface area (Å²) in [5.74, 6) is -1.24. The van der Waals surface area contributed by atoms with Gasteiger partial charge < -0.3 is 5.32 Å². The summed E-state index contributed by atoms with van der Waals surface area (Å²) >= 11 is 0. The summed E-state index contributed by atoms with van der Waals surface area (Å²) in [4.78, 5) is 37.6. The van der Waals surface area contributed by atoms with Crippen molar-refractivity contribution in [1.82, 2.24) is 13.9 Å². The lowest BCUT2D eigenvalue weighted by atomic mass is 10.1. The van der Waals surface area contributed by atoms with Crippen molar-refractivity contribution >= 4 is 32.5 Å². The predicted molar refractivity (Wildman–Crippen MR) is 134 cm³/mol. The summed E-state index contributed by atoms with van der Waals surface area (Å²) in [6.45, 7) is 0. The lowest BCUT2D eigenvalue weighted by molar-refractivity contribution is -0.117. The molecule has 36 heavy (non-hydrogen) atoms. The molecule has 1 amide bonds. The van der Waals surface area contributed by atoms with Gasteiger partial charge in [0.05, 0.1) is 15.8 Å². The maximum absolute atomic E-state index is 13.6. The molecule has 0 aliphatic rings. The molecular formula is C25H23FN4O5S. The number of fused-ring (bicyclic) bond motifs is 1. The average Bonchev–Trinajstić information content (AvgIpc) is 2.86. The number of carbonyl (C=O) groups excluding carboxylic acids is 1. The van der Waals surface area contributed by atoms with Crippen LogP contribution in [0.1, 0.15) is 5.56 Å². The Bertz CT molecular complexity index is 1680. The fourth-order valence-electron chi connectivity index (χ4n) is 3.83. The molecule has 186 valence electrons. The summed E-state index contributed by atoms with van der Waals surface area (Å²) < 4.78 is 44.7. The molecule has 11 heteroatoms. The zero-order chi connectivity index (χ0) is 26.0. The van der Waals surface area contributed by atoms with Crippen molar-refractivity contribution in [1.29, 1.82) is 0 Å². The van der Waals surface area contributed by atoms with Gasteiger partial charge in [-0.15, -0.1) is 0 Å². The molecule has 1 aromatic heterocycles. The predicted octanol–water partition coefficient (Wildman–Crippen LogP) is 1.90. The number of aryl methyl sites for hydroxylation is 1. The largest absolute Gasteiger partial charge is 0.330 e. The van der Waals surface area contributed by atoms with E-state index < -0.39 is 39.0 Å². The first-order valence-corrected chi connectivity index (χ1v) is 12.4. The molecule has 3 aromatic carbocycles. The SMILES string of the molecule is Cn1c(=O)c2cc(S(=O)(=O)N[C@@H](Cc3ccccc3)C(=O)Nc3cccc(F)c3)ccc2n(C)c1=O. The van der Waals surface area contributed by atoms with Crippen LogP contribution >= 0.6 is 0 Å². The van der Waals surface area contributed by atoms with Crippen molar-refractivity contribution in [2.24, 2.45) is 14.1 Å². The number of nitrogens with one attached hydrogen (secondary N) is 2. The van der Waals surface area contributed by atoms with Crippen molar-refractivity contribution in [2.75, 3.05) is 5.32 Å². The lowest BCUT2D eigenvalue weighted by Gasteiger charge is -2.19. The van der Waals surface area contributed by atoms with Crippen LogP contribution in [-0.2, 0) is 35.3 Å². The highest BCUT2D eigenvalue weighted by atomic mass is 32.2. The number of hydrogen-bond donors (Lipinski definition) is 2. The number of aromatic nitrogens is 2. The zero-order valence-corrected chi connectivity index (χ0v) is 20.3. The van der Waals surface area contributed by atoms with Crippen LogP contribution in [-0.4, -0.2) is 29.5 Å². The second kappa shape index (κ2) is 9.88. The fraction of sp³-hybridized carbons (Fsp3) is 0.160. The van der Waals surface area contributed by atoms with E-state index in [-0.39, 0.29) is 27.9 Å². The van der Waals surface area contributed by atoms with Gasteiger partial charge in [-0.3, -0.25) is 18.7 Å². The number of hydrogen-bond acceptors (Lipinski definition) is 5. The van der Waals surface area contributed by atoms with Gasteiger partial charge >= 0.3 is 5.69 Å². The van der Waals surface area contributed by atoms with Crippen LogP contribution < -0.4 is 21.3 Å². The summed E-state index contributed by atoms with van der Waals surface area (Å²) in [5, 5.41) is 2.57. The van der Waals surface area contributed by atoms with Gasteiger partial charge in [-0.2, -0.15) is 4.72 Å². The van der Waals surface area contributed by atoms with Crippen molar-refractivity contribution in [3.05, 3.63) is 105 Å². The molecule has 0 bridgehead atoms. The van der Waals surface area contributed by atoms with Crippen molar-refractivity contribution in [3.8, 4) is 0 Å². The molecule has 9 nitrogen and oxygen atoms in total. The molecule has 1 heterocycles. The normalized spacial score (nSPS) is 12.4. The Morgan fingerprint density at radius 1 is 0.944 bits per heavy atom. The molecule has 2 N–H and O–H groups in total. The summed E-state index contributed by atoms with van der Waals surface area (Å²) in [5.41, 5.74) is -0.0471. The Morgan fingerprint density at radius 3 is 2.36 bits per heavy atom. The van der Waals surface area contributed by atoms with Crippen LogP contribution in [0.15, 0.2) is 87.3 Å². The number of rotatable bonds is 7. The van der Waals surface area contributed by atoms with Gasteiger partial charge in [0.1, 0.15) is 11.9 Å². The minimum atomic E-state index is -4.29. The van der Waals surface area contributed by atoms with Gasteiger partial charge in [0, 0.05) is 19.8 Å². The minimum absolute atomic E-state index is 0.0189. The summed E-state index contributed by atoms with van der Waals surface area (Å²) in [7, 11) is -1.51. The Hall–Kier alpha value is -4.09. The molecule has 0 aliphatic carbocycles. The molecule has 0 aliphatic heterocycles. The molecule has 0 fully saturated rings. The third kappa shape index (κ3) is 5.11. The van der Waals surface area contributed by atoms with Crippen molar-refractivity contribution in [3.63, 3.8) is 0 Å². The fourth-order valence-corrected chi connectivity index (χ4v) is 5.05. The Kier molecular flexibility index (Phi) is 6.86. The highest BCUT2D eigenvalue weighted by Crippen LogP contribution is 2.17. The van der Waals surface area contributed by atoms with E-state index in [1.807, 2.05) is 0 Å². The summed E-state index contributed by atoms with van der Waals surface area (Å²) in [6.07, 6.45) is 0.0189. The maximum Gasteiger partial charge on any atom is 0.330 e. The van der Waals surface area contributed by atoms with E-state index in [0.717, 1.165) is 10.6 Å². The van der Waals surface area contributed by atoms with Crippen LogP contribution in [0, 0.1) is 5.82 Å². The molecule has 4 rings (SSSR count). The number of halogens is 1. The van der Waals surface area contributed by atoms with E-state index in [9.17, 15) is 27.2 Å². The van der Waals surface area contributed by atoms with E-state index >= 15 is 0 Å². The minimum Gasteiger partial charge on any atom is -0.325 e. The molecule has 1 atom stereocenters. The van der Waals surface area contributed by atoms with Gasteiger partial charge in [-0.05, 0) is 48.4 Å². The van der Waals surface area contributed by atoms with Gasteiger partial charge in [-0.25, -0.2) is 17.6 Å². The average molecular weight is 511 g/mol. The van der Waals surface area contributed by atoms with Crippen LogP contribution in [0.5, 0.6) is 0 Å². The maximum atomic E-state index is 13.6. The number of sulfonamides is 1. The van der Waals surface area contributed by atoms with E-state index in [2.05, 4.69) is 10.0 Å². The first-order valence-electron chi connectivity index (χ1n) is 10.9. The van der Waals surface area contributed by atoms with Gasteiger partial charge in [0.15, 0.2) is 0 Å². The number of nitrogens with zero attached hydrogens (tertiary/aromatic N) is 2. The smallest absolute Gasteiger partial charge is 0.325 e. The lowest BCUT2D eigenvalue weighted by Crippen LogP contribution is -2.45. The number of amides is 1. The Labute approximate surface area is 205 Å². The third-order valence-corrected chi connectivity index (χ3v) is 7.21. The van der Waals surface area contributed by atoms with E-state index in [1.54, 1.807) is 30.3 Å². The molecule has 0 unspecified atom stereocenters. The van der Waals surface area contributed by atoms with Crippen LogP contribution in [0.25, 0.3) is 10.9 Å².